The number of aliphatic hydroxyl groups excluding tert-OH is 11. The standard InChI is InChI=1S/C47H78O19/c1-41(2)26(64-40-35(28(52)21(51)18-60-40)65-39-34(58)32(56)30(54)24(17-49)63-39)9-11-47-19-46(47)13-12-43(5)36(45(7)10-8-27(66-45)42(3,4)59)20(50)15-44(43,6)25(46)14-22(37(41)47)61-38-33(57)31(55)29(53)23(16-48)62-38/h20-40,48-59H,8-19H2,1-7H3/t20-,21?,22-,23?,24?,25?,26-,27?,28?,29?,30?,31?,32?,33?,34?,35?,36?,37?,38?,39?,40?,43+,44-,45+,46?,47?/m0/s1. The van der Waals surface area contributed by atoms with E-state index < -0.39 is 140 Å². The van der Waals surface area contributed by atoms with Crippen LogP contribution in [0.2, 0.25) is 0 Å². The van der Waals surface area contributed by atoms with Crippen LogP contribution in [-0.4, -0.2) is 203 Å². The van der Waals surface area contributed by atoms with Crippen LogP contribution < -0.4 is 0 Å². The lowest BCUT2D eigenvalue weighted by Crippen LogP contribution is -2.66. The van der Waals surface area contributed by atoms with Gasteiger partial charge in [0.05, 0.1) is 55.4 Å². The molecule has 19 heteroatoms. The van der Waals surface area contributed by atoms with E-state index in [-0.39, 0.29) is 46.7 Å². The largest absolute Gasteiger partial charge is 0.394 e. The molecule has 4 aliphatic heterocycles. The summed E-state index contributed by atoms with van der Waals surface area (Å²) in [6.07, 6.45) is -17.6. The molecule has 5 aliphatic carbocycles. The van der Waals surface area contributed by atoms with Crippen molar-refractivity contribution in [2.45, 2.75) is 228 Å². The van der Waals surface area contributed by atoms with Gasteiger partial charge in [0.2, 0.25) is 0 Å². The molecule has 9 fully saturated rings. The third-order valence-electron chi connectivity index (χ3n) is 19.7. The minimum absolute atomic E-state index is 0.0208. The minimum atomic E-state index is -1.80. The first-order chi connectivity index (χ1) is 30.7. The predicted molar refractivity (Wildman–Crippen MR) is 226 cm³/mol. The number of ether oxygens (including phenoxy) is 7. The lowest BCUT2D eigenvalue weighted by molar-refractivity contribution is -0.369. The molecular weight excluding hydrogens is 868 g/mol. The molecule has 0 radical (unpaired) electrons. The molecule has 26 atom stereocenters. The smallest absolute Gasteiger partial charge is 0.187 e. The fourth-order valence-corrected chi connectivity index (χ4v) is 16.3. The van der Waals surface area contributed by atoms with E-state index in [2.05, 4.69) is 34.6 Å². The first kappa shape index (κ1) is 50.2. The van der Waals surface area contributed by atoms with Gasteiger partial charge in [-0.3, -0.25) is 0 Å². The normalized spacial score (nSPS) is 58.0. The summed E-state index contributed by atoms with van der Waals surface area (Å²) in [5.74, 6) is -0.484. The van der Waals surface area contributed by atoms with Gasteiger partial charge >= 0.3 is 0 Å². The second-order valence-corrected chi connectivity index (χ2v) is 23.9. The van der Waals surface area contributed by atoms with Crippen molar-refractivity contribution < 1.29 is 94.4 Å². The van der Waals surface area contributed by atoms with Crippen molar-refractivity contribution in [2.24, 2.45) is 44.8 Å². The zero-order valence-corrected chi connectivity index (χ0v) is 39.3. The van der Waals surface area contributed by atoms with Crippen molar-refractivity contribution in [3.8, 4) is 0 Å². The van der Waals surface area contributed by atoms with Crippen molar-refractivity contribution in [3.05, 3.63) is 0 Å². The second kappa shape index (κ2) is 16.9. The van der Waals surface area contributed by atoms with Crippen LogP contribution in [0, 0.1) is 44.8 Å². The molecule has 20 unspecified atom stereocenters. The third-order valence-corrected chi connectivity index (χ3v) is 19.7. The fraction of sp³-hybridized carbons (Fsp3) is 1.00. The van der Waals surface area contributed by atoms with Crippen LogP contribution in [0.5, 0.6) is 0 Å². The molecule has 9 rings (SSSR count). The Hall–Kier alpha value is -0.760. The summed E-state index contributed by atoms with van der Waals surface area (Å²) in [4.78, 5) is 0. The second-order valence-electron chi connectivity index (χ2n) is 23.9. The van der Waals surface area contributed by atoms with Gasteiger partial charge in [0.1, 0.15) is 67.1 Å². The lowest BCUT2D eigenvalue weighted by Gasteiger charge is -2.65. The maximum absolute atomic E-state index is 12.3. The van der Waals surface area contributed by atoms with Gasteiger partial charge in [0.15, 0.2) is 18.9 Å². The van der Waals surface area contributed by atoms with Gasteiger partial charge in [-0.1, -0.05) is 27.7 Å². The summed E-state index contributed by atoms with van der Waals surface area (Å²) in [5.41, 5.74) is -3.78. The van der Waals surface area contributed by atoms with Crippen LogP contribution in [0.15, 0.2) is 0 Å². The van der Waals surface area contributed by atoms with Gasteiger partial charge in [-0.15, -0.1) is 0 Å². The van der Waals surface area contributed by atoms with Gasteiger partial charge in [-0.25, -0.2) is 0 Å². The van der Waals surface area contributed by atoms with Gasteiger partial charge in [-0.05, 0) is 117 Å². The Balaban J connectivity index is 1.04. The van der Waals surface area contributed by atoms with Gasteiger partial charge < -0.3 is 94.4 Å². The molecule has 19 nitrogen and oxygen atoms in total. The summed E-state index contributed by atoms with van der Waals surface area (Å²) in [6, 6.07) is 0. The highest BCUT2D eigenvalue weighted by Gasteiger charge is 2.85. The highest BCUT2D eigenvalue weighted by molar-refractivity contribution is 5.33. The number of hydrogen-bond donors (Lipinski definition) is 12. The summed E-state index contributed by atoms with van der Waals surface area (Å²) < 4.78 is 44.3. The average molecular weight is 947 g/mol. The van der Waals surface area contributed by atoms with Crippen LogP contribution in [0.4, 0.5) is 0 Å². The zero-order valence-electron chi connectivity index (χ0n) is 39.3. The molecule has 12 N–H and O–H groups in total. The lowest BCUT2D eigenvalue weighted by atomic mass is 9.41. The van der Waals surface area contributed by atoms with E-state index in [1.54, 1.807) is 13.8 Å². The predicted octanol–water partition coefficient (Wildman–Crippen LogP) is -1.45. The quantitative estimate of drug-likeness (QED) is 0.112. The number of hydrogen-bond acceptors (Lipinski definition) is 19. The van der Waals surface area contributed by atoms with Crippen molar-refractivity contribution in [1.82, 2.24) is 0 Å². The minimum Gasteiger partial charge on any atom is -0.394 e. The first-order valence-corrected chi connectivity index (χ1v) is 24.4. The van der Waals surface area contributed by atoms with Crippen molar-refractivity contribution in [3.63, 3.8) is 0 Å². The summed E-state index contributed by atoms with van der Waals surface area (Å²) in [6.45, 7) is 12.7. The van der Waals surface area contributed by atoms with Gasteiger partial charge in [-0.2, -0.15) is 0 Å². The highest BCUT2D eigenvalue weighted by atomic mass is 16.8. The topological polar surface area (TPSA) is 307 Å². The summed E-state index contributed by atoms with van der Waals surface area (Å²) in [7, 11) is 0. The molecule has 9 aliphatic rings. The molecule has 66 heavy (non-hydrogen) atoms. The molecule has 4 saturated heterocycles. The molecule has 0 aromatic rings. The van der Waals surface area contributed by atoms with Crippen LogP contribution in [0.25, 0.3) is 0 Å². The summed E-state index contributed by atoms with van der Waals surface area (Å²) >= 11 is 0. The van der Waals surface area contributed by atoms with Crippen LogP contribution in [0.3, 0.4) is 0 Å². The number of aliphatic hydroxyl groups is 12. The Bertz CT molecular complexity index is 1760. The van der Waals surface area contributed by atoms with E-state index in [1.165, 1.54) is 0 Å². The molecule has 2 spiro atoms. The van der Waals surface area contributed by atoms with E-state index in [9.17, 15) is 61.3 Å². The molecule has 0 aromatic heterocycles. The zero-order chi connectivity index (χ0) is 48.1. The van der Waals surface area contributed by atoms with E-state index in [0.717, 1.165) is 19.3 Å². The monoisotopic (exact) mass is 947 g/mol. The highest BCUT2D eigenvalue weighted by Crippen LogP contribution is 2.89. The Morgan fingerprint density at radius 2 is 1.21 bits per heavy atom. The molecule has 0 aromatic carbocycles. The van der Waals surface area contributed by atoms with Gasteiger partial charge in [0, 0.05) is 5.92 Å². The Morgan fingerprint density at radius 3 is 1.79 bits per heavy atom. The Labute approximate surface area is 386 Å². The summed E-state index contributed by atoms with van der Waals surface area (Å²) in [5, 5.41) is 130. The van der Waals surface area contributed by atoms with Crippen molar-refractivity contribution in [2.75, 3.05) is 19.8 Å². The fourth-order valence-electron chi connectivity index (χ4n) is 16.3. The van der Waals surface area contributed by atoms with Crippen molar-refractivity contribution in [1.29, 1.82) is 0 Å². The maximum Gasteiger partial charge on any atom is 0.187 e. The van der Waals surface area contributed by atoms with Crippen LogP contribution in [0.1, 0.15) is 106 Å². The molecule has 4 heterocycles. The average Bonchev–Trinajstić information content (AvgIpc) is 3.62. The van der Waals surface area contributed by atoms with E-state index in [1.807, 2.05) is 0 Å². The van der Waals surface area contributed by atoms with Crippen LogP contribution >= 0.6 is 0 Å². The molecule has 0 amide bonds. The van der Waals surface area contributed by atoms with Crippen molar-refractivity contribution >= 4 is 0 Å². The maximum atomic E-state index is 12.3. The van der Waals surface area contributed by atoms with Gasteiger partial charge in [0.25, 0.3) is 0 Å². The Kier molecular flexibility index (Phi) is 12.9. The Morgan fingerprint density at radius 1 is 0.606 bits per heavy atom. The molecule has 380 valence electrons. The van der Waals surface area contributed by atoms with Crippen LogP contribution in [-0.2, 0) is 33.2 Å². The third kappa shape index (κ3) is 7.30. The number of rotatable bonds is 10. The SMILES string of the molecule is CC(C)(O)C1CC[C@](C)(C2[C@@H](O)C[C@@]3(C)C4C[C@H](OC5OC(CO)C(O)C(O)C5O)C5C(C)(C)[C@@H](OC6OCC(O)C(O)C6OC6OC(CO)C(O)C(O)C6O)CCC56CC46CC[C@]23C)O1. The van der Waals surface area contributed by atoms with E-state index in [0.29, 0.717) is 38.5 Å². The van der Waals surface area contributed by atoms with E-state index >= 15 is 0 Å². The van der Waals surface area contributed by atoms with E-state index in [4.69, 9.17) is 33.2 Å². The first-order valence-electron chi connectivity index (χ1n) is 24.4. The molecular formula is C47H78O19. The number of fused-ring (bicyclic) bond motifs is 2. The molecule has 5 saturated carbocycles. The molecule has 0 bridgehead atoms.